The van der Waals surface area contributed by atoms with Crippen LogP contribution in [-0.2, 0) is 20.6 Å². The van der Waals surface area contributed by atoms with Crippen molar-refractivity contribution in [1.29, 1.82) is 0 Å². The quantitative estimate of drug-likeness (QED) is 0.391. The Hall–Kier alpha value is -0.880. The highest BCUT2D eigenvalue weighted by Gasteiger charge is 1.65. The first-order valence-electron chi connectivity index (χ1n) is 1.97. The van der Waals surface area contributed by atoms with Gasteiger partial charge in [0.15, 0.2) is 0 Å². The maximum absolute atomic E-state index is 9.54. The van der Waals surface area contributed by atoms with E-state index in [9.17, 15) is 16.8 Å². The lowest BCUT2D eigenvalue weighted by Gasteiger charge is -1.47. The lowest BCUT2D eigenvalue weighted by molar-refractivity contribution is 0.625. The van der Waals surface area contributed by atoms with Crippen LogP contribution in [0, 0.1) is 0 Å². The molecule has 0 rings (SSSR count). The normalized spacial score (nSPS) is 6.40. The first-order chi connectivity index (χ1) is 4.63. The molecule has 0 aliphatic rings. The number of rotatable bonds is 1. The highest BCUT2D eigenvalue weighted by molar-refractivity contribution is 7.79. The van der Waals surface area contributed by atoms with Gasteiger partial charge in [0.2, 0.25) is 20.6 Å². The van der Waals surface area contributed by atoms with E-state index in [1.54, 1.807) is 0 Å². The maximum Gasteiger partial charge on any atom is 0.215 e. The molecular formula is C4H6O4S2. The Bertz CT molecular complexity index is 268. The minimum absolute atomic E-state index is 0.545. The lowest BCUT2D eigenvalue weighted by Crippen LogP contribution is -1.75. The summed E-state index contributed by atoms with van der Waals surface area (Å²) in [4.78, 5) is 0. The molecule has 0 radical (unpaired) electrons. The SMILES string of the molecule is C=C.O=S(=O)=CC=S(=O)=O. The average Bonchev–Trinajstić information content (AvgIpc) is 1.89. The standard InChI is InChI=1S/C2H2O4S2.C2H4/c3-7(4)1-2-8(5)6;1-2/h1-2H;1-2H2. The van der Waals surface area contributed by atoms with Crippen molar-refractivity contribution in [3.05, 3.63) is 13.2 Å². The lowest BCUT2D eigenvalue weighted by atomic mass is 11.0. The van der Waals surface area contributed by atoms with Gasteiger partial charge < -0.3 is 0 Å². The van der Waals surface area contributed by atoms with E-state index in [0.29, 0.717) is 10.7 Å². The van der Waals surface area contributed by atoms with Gasteiger partial charge in [0, 0.05) is 0 Å². The molecule has 0 unspecified atom stereocenters. The van der Waals surface area contributed by atoms with Gasteiger partial charge in [-0.1, -0.05) is 0 Å². The summed E-state index contributed by atoms with van der Waals surface area (Å²) in [5.41, 5.74) is 0. The molecule has 4 nitrogen and oxygen atoms in total. The predicted molar refractivity (Wildman–Crippen MR) is 41.2 cm³/mol. The van der Waals surface area contributed by atoms with E-state index in [0.717, 1.165) is 0 Å². The molecule has 10 heavy (non-hydrogen) atoms. The van der Waals surface area contributed by atoms with Crippen LogP contribution in [0.25, 0.3) is 0 Å². The zero-order valence-electron chi connectivity index (χ0n) is 5.02. The summed E-state index contributed by atoms with van der Waals surface area (Å²) in [6, 6.07) is 0. The molecule has 0 aromatic carbocycles. The minimum Gasteiger partial charge on any atom is -0.185 e. The molecule has 0 aliphatic carbocycles. The van der Waals surface area contributed by atoms with Gasteiger partial charge in [-0.25, -0.2) is 0 Å². The van der Waals surface area contributed by atoms with Gasteiger partial charge in [0.1, 0.15) is 0 Å². The summed E-state index contributed by atoms with van der Waals surface area (Å²) in [6.07, 6.45) is 0. The fourth-order valence-electron chi connectivity index (χ4n) is 0.0907. The van der Waals surface area contributed by atoms with Crippen molar-refractivity contribution in [2.45, 2.75) is 0 Å². The minimum atomic E-state index is -2.41. The van der Waals surface area contributed by atoms with Gasteiger partial charge in [-0.2, -0.15) is 16.8 Å². The van der Waals surface area contributed by atoms with E-state index in [4.69, 9.17) is 0 Å². The average molecular weight is 182 g/mol. The second kappa shape index (κ2) is 8.12. The third kappa shape index (κ3) is 15.7. The molecule has 0 N–H and O–H groups in total. The van der Waals surface area contributed by atoms with Crippen molar-refractivity contribution in [2.24, 2.45) is 0 Å². The Kier molecular flexibility index (Phi) is 9.63. The van der Waals surface area contributed by atoms with Gasteiger partial charge in [0.25, 0.3) is 0 Å². The molecule has 0 aliphatic heterocycles. The van der Waals surface area contributed by atoms with E-state index in [1.165, 1.54) is 0 Å². The third-order valence-electron chi connectivity index (χ3n) is 0.278. The van der Waals surface area contributed by atoms with Crippen LogP contribution in [0.1, 0.15) is 0 Å². The molecule has 0 bridgehead atoms. The largest absolute Gasteiger partial charge is 0.215 e. The smallest absolute Gasteiger partial charge is 0.185 e. The topological polar surface area (TPSA) is 68.3 Å². The Morgan fingerprint density at radius 3 is 1.10 bits per heavy atom. The molecule has 0 spiro atoms. The molecule has 0 fully saturated rings. The Labute approximate surface area is 61.9 Å². The first kappa shape index (κ1) is 11.9. The summed E-state index contributed by atoms with van der Waals surface area (Å²) in [6.45, 7) is 6.00. The van der Waals surface area contributed by atoms with Crippen LogP contribution in [-0.4, -0.2) is 27.6 Å². The first-order valence-corrected chi connectivity index (χ1v) is 4.25. The number of hydrogen-bond acceptors (Lipinski definition) is 4. The van der Waals surface area contributed by atoms with Crippen LogP contribution in [0.3, 0.4) is 0 Å². The highest BCUT2D eigenvalue weighted by atomic mass is 32.2. The van der Waals surface area contributed by atoms with Gasteiger partial charge in [-0.15, -0.1) is 13.2 Å². The molecule has 0 saturated carbocycles. The van der Waals surface area contributed by atoms with Crippen LogP contribution in [0.4, 0.5) is 0 Å². The van der Waals surface area contributed by atoms with Gasteiger partial charge in [-0.05, 0) is 0 Å². The van der Waals surface area contributed by atoms with Crippen molar-refractivity contribution >= 4 is 31.3 Å². The van der Waals surface area contributed by atoms with E-state index in [2.05, 4.69) is 13.2 Å². The zero-order chi connectivity index (χ0) is 8.57. The van der Waals surface area contributed by atoms with Crippen molar-refractivity contribution in [3.63, 3.8) is 0 Å². The molecule has 6 heteroatoms. The Balaban J connectivity index is 0. The molecule has 58 valence electrons. The molecule has 0 saturated heterocycles. The second-order valence-electron chi connectivity index (χ2n) is 0.793. The fraction of sp³-hybridized carbons (Fsp3) is 0. The van der Waals surface area contributed by atoms with Crippen LogP contribution in [0.15, 0.2) is 13.2 Å². The van der Waals surface area contributed by atoms with Crippen LogP contribution in [0.2, 0.25) is 0 Å². The number of hydrogen-bond donors (Lipinski definition) is 0. The molecular weight excluding hydrogens is 176 g/mol. The summed E-state index contributed by atoms with van der Waals surface area (Å²) in [5.74, 6) is 0. The van der Waals surface area contributed by atoms with Crippen molar-refractivity contribution in [1.82, 2.24) is 0 Å². The zero-order valence-corrected chi connectivity index (χ0v) is 6.65. The van der Waals surface area contributed by atoms with E-state index < -0.39 is 20.6 Å². The second-order valence-corrected chi connectivity index (χ2v) is 2.38. The van der Waals surface area contributed by atoms with E-state index in [-0.39, 0.29) is 0 Å². The summed E-state index contributed by atoms with van der Waals surface area (Å²) >= 11 is 0. The Morgan fingerprint density at radius 2 is 1.00 bits per heavy atom. The summed E-state index contributed by atoms with van der Waals surface area (Å²) in [5, 5.41) is 1.09. The molecule has 0 aromatic rings. The Morgan fingerprint density at radius 1 is 0.800 bits per heavy atom. The highest BCUT2D eigenvalue weighted by Crippen LogP contribution is 1.37. The summed E-state index contributed by atoms with van der Waals surface area (Å²) in [7, 11) is -4.82. The summed E-state index contributed by atoms with van der Waals surface area (Å²) < 4.78 is 38.2. The monoisotopic (exact) mass is 182 g/mol. The third-order valence-corrected chi connectivity index (χ3v) is 1.17. The molecule has 0 amide bonds. The van der Waals surface area contributed by atoms with Crippen LogP contribution >= 0.6 is 0 Å². The van der Waals surface area contributed by atoms with E-state index in [1.807, 2.05) is 0 Å². The van der Waals surface area contributed by atoms with Gasteiger partial charge >= 0.3 is 0 Å². The molecule has 0 atom stereocenters. The van der Waals surface area contributed by atoms with Crippen molar-refractivity contribution in [2.75, 3.05) is 0 Å². The maximum atomic E-state index is 9.54. The van der Waals surface area contributed by atoms with Gasteiger partial charge in [-0.3, -0.25) is 0 Å². The van der Waals surface area contributed by atoms with Crippen LogP contribution < -0.4 is 0 Å². The predicted octanol–water partition coefficient (Wildman–Crippen LogP) is -0.849. The van der Waals surface area contributed by atoms with Gasteiger partial charge in [0.05, 0.1) is 10.7 Å². The fourth-order valence-corrected chi connectivity index (χ4v) is 0.816. The molecule has 0 aromatic heterocycles. The van der Waals surface area contributed by atoms with E-state index >= 15 is 0 Å². The van der Waals surface area contributed by atoms with Crippen molar-refractivity contribution in [3.8, 4) is 0 Å². The van der Waals surface area contributed by atoms with Crippen molar-refractivity contribution < 1.29 is 16.8 Å². The molecule has 0 heterocycles. The van der Waals surface area contributed by atoms with Crippen LogP contribution in [0.5, 0.6) is 0 Å².